The van der Waals surface area contributed by atoms with Gasteiger partial charge in [0, 0.05) is 46.2 Å². The average molecular weight is 699 g/mol. The van der Waals surface area contributed by atoms with Crippen molar-refractivity contribution < 1.29 is 34.0 Å². The molecule has 3 aliphatic heterocycles. The molecule has 5 aliphatic carbocycles. The van der Waals surface area contributed by atoms with Crippen molar-refractivity contribution >= 4 is 11.9 Å². The van der Waals surface area contributed by atoms with Crippen molar-refractivity contribution in [3.05, 3.63) is 112 Å². The third kappa shape index (κ3) is 3.87. The highest BCUT2D eigenvalue weighted by Gasteiger charge is 2.65. The van der Waals surface area contributed by atoms with E-state index in [1.165, 1.54) is 22.8 Å². The van der Waals surface area contributed by atoms with Crippen LogP contribution in [0.2, 0.25) is 0 Å². The monoisotopic (exact) mass is 698 g/mol. The summed E-state index contributed by atoms with van der Waals surface area (Å²) < 4.78 is 18.8. The van der Waals surface area contributed by atoms with E-state index < -0.39 is 30.3 Å². The van der Waals surface area contributed by atoms with Crippen molar-refractivity contribution in [2.24, 2.45) is 17.8 Å². The predicted molar refractivity (Wildman–Crippen MR) is 191 cm³/mol. The van der Waals surface area contributed by atoms with E-state index in [-0.39, 0.29) is 33.8 Å². The van der Waals surface area contributed by atoms with Gasteiger partial charge in [0.1, 0.15) is 18.0 Å². The number of carbonyl (C=O) groups excluding carboxylic acids is 2. The molecule has 2 saturated heterocycles. The lowest BCUT2D eigenvalue weighted by Crippen LogP contribution is -2.64. The Morgan fingerprint density at radius 2 is 1.33 bits per heavy atom. The molecule has 52 heavy (non-hydrogen) atoms. The number of nitrogens with zero attached hydrogens (tertiary/aromatic N) is 2. The predicted octanol–water partition coefficient (Wildman–Crippen LogP) is 4.15. The lowest BCUT2D eigenvalue weighted by molar-refractivity contribution is -0.0453. The molecular weight excluding hydrogens is 656 g/mol. The number of ether oxygens (including phenoxy) is 3. The summed E-state index contributed by atoms with van der Waals surface area (Å²) in [7, 11) is 4.37. The molecule has 10 unspecified atom stereocenters. The maximum atomic E-state index is 13.8. The zero-order valence-electron chi connectivity index (χ0n) is 29.3. The highest BCUT2D eigenvalue weighted by atomic mass is 16.6. The normalized spacial score (nSPS) is 36.8. The number of aliphatic hydroxyl groups is 2. The van der Waals surface area contributed by atoms with Crippen molar-refractivity contribution in [1.29, 1.82) is 0 Å². The Kier molecular flexibility index (Phi) is 6.41. The number of rotatable bonds is 4. The molecule has 0 radical (unpaired) electrons. The highest BCUT2D eigenvalue weighted by molar-refractivity contribution is 5.97. The fourth-order valence-electron chi connectivity index (χ4n) is 12.3. The smallest absolute Gasteiger partial charge is 0.343 e. The summed E-state index contributed by atoms with van der Waals surface area (Å²) in [6.45, 7) is 1.88. The zero-order valence-corrected chi connectivity index (χ0v) is 29.3. The first kappa shape index (κ1) is 31.3. The first-order valence-corrected chi connectivity index (χ1v) is 18.8. The maximum Gasteiger partial charge on any atom is 0.343 e. The van der Waals surface area contributed by atoms with Gasteiger partial charge in [-0.15, -0.1) is 0 Å². The lowest BCUT2D eigenvalue weighted by atomic mass is 9.52. The molecule has 3 aromatic carbocycles. The summed E-state index contributed by atoms with van der Waals surface area (Å²) in [5.41, 5.74) is 5.82. The fraction of sp³-hybridized carbons (Fsp3) is 0.442. The van der Waals surface area contributed by atoms with Gasteiger partial charge in [-0.2, -0.15) is 0 Å². The Morgan fingerprint density at radius 1 is 0.731 bits per heavy atom. The Hall–Kier alpha value is -4.28. The second kappa shape index (κ2) is 10.7. The Morgan fingerprint density at radius 3 is 2.04 bits per heavy atom. The van der Waals surface area contributed by atoms with E-state index in [9.17, 15) is 19.8 Å². The molecule has 11 rings (SSSR count). The van der Waals surface area contributed by atoms with Gasteiger partial charge in [0.15, 0.2) is 11.5 Å². The molecule has 10 atom stereocenters. The largest absolute Gasteiger partial charge is 0.482 e. The van der Waals surface area contributed by atoms with Crippen LogP contribution >= 0.6 is 0 Å². The molecule has 3 aromatic rings. The van der Waals surface area contributed by atoms with Crippen molar-refractivity contribution in [3.8, 4) is 17.2 Å². The first-order valence-electron chi connectivity index (χ1n) is 18.8. The van der Waals surface area contributed by atoms with Crippen molar-refractivity contribution in [1.82, 2.24) is 9.80 Å². The molecule has 3 heterocycles. The highest BCUT2D eigenvalue weighted by Crippen LogP contribution is 2.64. The fourth-order valence-corrected chi connectivity index (χ4v) is 12.3. The summed E-state index contributed by atoms with van der Waals surface area (Å²) >= 11 is 0. The minimum absolute atomic E-state index is 0.0500. The van der Waals surface area contributed by atoms with Gasteiger partial charge in [-0.3, -0.25) is 0 Å². The second-order valence-electron chi connectivity index (χ2n) is 16.6. The van der Waals surface area contributed by atoms with Gasteiger partial charge in [-0.05, 0) is 112 Å². The molecule has 4 bridgehead atoms. The average Bonchev–Trinajstić information content (AvgIpc) is 3.69. The van der Waals surface area contributed by atoms with Crippen LogP contribution in [0.25, 0.3) is 0 Å². The summed E-state index contributed by atoms with van der Waals surface area (Å²) in [5, 5.41) is 22.3. The standard InChI is InChI=1S/C43H42N2O7/c1-44-16-14-42-27-8-10-32(46)29(42)21-26-34(12-6-22(36(26)42)19-30(27)44)50-40(48)24-4-3-5-25(18-24)41(49)51-35-13-7-23-20-31-28-9-11-33(47)39-43(28,15-17-45(31)2)37(23)38(35)52-39/h3-13,18,27-33,39,46-47H,14-17,19-21H2,1-2H3. The van der Waals surface area contributed by atoms with Crippen LogP contribution in [0.5, 0.6) is 17.2 Å². The summed E-state index contributed by atoms with van der Waals surface area (Å²) in [6.07, 6.45) is 10.8. The van der Waals surface area contributed by atoms with E-state index in [4.69, 9.17) is 14.2 Å². The van der Waals surface area contributed by atoms with Crippen LogP contribution in [-0.4, -0.2) is 89.5 Å². The van der Waals surface area contributed by atoms with Crippen LogP contribution < -0.4 is 14.2 Å². The summed E-state index contributed by atoms with van der Waals surface area (Å²) in [6, 6.07) is 15.0. The Bertz CT molecular complexity index is 2010. The van der Waals surface area contributed by atoms with Crippen LogP contribution in [0, 0.1) is 17.8 Å². The Labute approximate surface area is 302 Å². The SMILES string of the molecule is CN1CCC23c4c5ccc(OC(=O)c6cccc(C(=O)Oc7ccc8c9c7OC7C(O)C=CC%10C(C8)N(C)CCC9%107)c6)c4CC2C(O)C=CC3C1C5. The number of benzene rings is 3. The number of likely N-dealkylation sites (tertiary alicyclic amines) is 2. The number of likely N-dealkylation sites (N-methyl/N-ethyl adjacent to an activating group) is 2. The van der Waals surface area contributed by atoms with Crippen LogP contribution in [-0.2, 0) is 30.1 Å². The molecule has 266 valence electrons. The topological polar surface area (TPSA) is 109 Å². The number of hydrogen-bond acceptors (Lipinski definition) is 9. The molecule has 9 heteroatoms. The third-order valence-corrected chi connectivity index (χ3v) is 14.6. The van der Waals surface area contributed by atoms with Crippen LogP contribution in [0.1, 0.15) is 61.4 Å². The number of piperidine rings is 2. The number of carbonyl (C=O) groups is 2. The molecule has 2 fully saturated rings. The van der Waals surface area contributed by atoms with Gasteiger partial charge in [-0.25, -0.2) is 9.59 Å². The third-order valence-electron chi connectivity index (χ3n) is 14.6. The quantitative estimate of drug-likeness (QED) is 0.236. The van der Waals surface area contributed by atoms with Crippen molar-refractivity contribution in [3.63, 3.8) is 0 Å². The van der Waals surface area contributed by atoms with Crippen LogP contribution in [0.3, 0.4) is 0 Å². The summed E-state index contributed by atoms with van der Waals surface area (Å²) in [5.74, 6) is 0.831. The number of esters is 2. The molecule has 2 N–H and O–H groups in total. The number of hydrogen-bond donors (Lipinski definition) is 2. The number of aliphatic hydroxyl groups excluding tert-OH is 2. The molecular formula is C43H42N2O7. The van der Waals surface area contributed by atoms with E-state index >= 15 is 0 Å². The van der Waals surface area contributed by atoms with Gasteiger partial charge >= 0.3 is 11.9 Å². The van der Waals surface area contributed by atoms with Gasteiger partial charge < -0.3 is 34.2 Å². The molecule has 9 nitrogen and oxygen atoms in total. The van der Waals surface area contributed by atoms with Gasteiger partial charge in [0.05, 0.1) is 17.2 Å². The molecule has 0 aromatic heterocycles. The Balaban J connectivity index is 0.880. The van der Waals surface area contributed by atoms with Crippen molar-refractivity contribution in [2.45, 2.75) is 73.3 Å². The van der Waals surface area contributed by atoms with Gasteiger partial charge in [-0.1, -0.05) is 42.5 Å². The molecule has 8 aliphatic rings. The van der Waals surface area contributed by atoms with E-state index in [1.54, 1.807) is 24.3 Å². The maximum absolute atomic E-state index is 13.8. The van der Waals surface area contributed by atoms with Crippen LogP contribution in [0.15, 0.2) is 72.8 Å². The lowest BCUT2D eigenvalue weighted by Gasteiger charge is -2.58. The van der Waals surface area contributed by atoms with Crippen molar-refractivity contribution in [2.75, 3.05) is 27.2 Å². The second-order valence-corrected chi connectivity index (χ2v) is 16.6. The molecule has 0 saturated carbocycles. The summed E-state index contributed by atoms with van der Waals surface area (Å²) in [4.78, 5) is 32.4. The minimum atomic E-state index is -0.752. The van der Waals surface area contributed by atoms with E-state index in [1.807, 2.05) is 24.3 Å². The van der Waals surface area contributed by atoms with Gasteiger partial charge in [0.2, 0.25) is 0 Å². The van der Waals surface area contributed by atoms with E-state index in [2.05, 4.69) is 42.1 Å². The minimum Gasteiger partial charge on any atom is -0.482 e. The van der Waals surface area contributed by atoms with Gasteiger partial charge in [0.25, 0.3) is 0 Å². The molecule has 0 amide bonds. The molecule has 2 spiro atoms. The van der Waals surface area contributed by atoms with E-state index in [0.717, 1.165) is 49.9 Å². The van der Waals surface area contributed by atoms with Crippen LogP contribution in [0.4, 0.5) is 0 Å². The van der Waals surface area contributed by atoms with E-state index in [0.29, 0.717) is 41.7 Å². The zero-order chi connectivity index (χ0) is 35.3. The first-order chi connectivity index (χ1) is 25.2.